The average Bonchev–Trinajstić information content (AvgIpc) is 2.71. The molecule has 0 aliphatic rings. The number of esters is 1. The Labute approximate surface area is 202 Å². The normalized spacial score (nSPS) is 13.4. The Hall–Kier alpha value is -2.81. The molecule has 0 bridgehead atoms. The third-order valence-electron chi connectivity index (χ3n) is 4.29. The van der Waals surface area contributed by atoms with Crippen LogP contribution in [0.1, 0.15) is 67.4 Å². The van der Waals surface area contributed by atoms with Crippen LogP contribution in [0, 0.1) is 10.8 Å². The van der Waals surface area contributed by atoms with Crippen LogP contribution in [0.5, 0.6) is 11.5 Å². The first kappa shape index (κ1) is 29.2. The minimum absolute atomic E-state index is 0.0360. The Morgan fingerprint density at radius 3 is 1.85 bits per heavy atom. The zero-order chi connectivity index (χ0) is 26.1. The van der Waals surface area contributed by atoms with Crippen molar-refractivity contribution in [2.24, 2.45) is 16.6 Å². The van der Waals surface area contributed by atoms with E-state index in [1.807, 2.05) is 48.5 Å². The fourth-order valence-corrected chi connectivity index (χ4v) is 2.34. The standard InChI is InChI=1S/C25H39NO8/c1-9-16(2)32-21(27)18(26)12-17-10-11-19(33-22(28)30-14-24(3,4)5)20(13-17)34-23(29)31-15-25(6,7)8/h10-11,13,16,18H,9,12,14-15,26H2,1-8H3/t16?,18-/m0/s1. The molecule has 0 amide bonds. The molecule has 0 saturated heterocycles. The molecule has 0 spiro atoms. The van der Waals surface area contributed by atoms with Crippen LogP contribution in [0.4, 0.5) is 9.59 Å². The van der Waals surface area contributed by atoms with Crippen LogP contribution in [0.3, 0.4) is 0 Å². The molecule has 1 unspecified atom stereocenters. The smallest absolute Gasteiger partial charge is 0.462 e. The summed E-state index contributed by atoms with van der Waals surface area (Å²) in [5.74, 6) is -0.634. The van der Waals surface area contributed by atoms with Crippen LogP contribution in [-0.4, -0.2) is 43.6 Å². The molecule has 9 heteroatoms. The number of hydrogen-bond acceptors (Lipinski definition) is 9. The van der Waals surface area contributed by atoms with Crippen LogP contribution in [0.25, 0.3) is 0 Å². The Balaban J connectivity index is 3.02. The van der Waals surface area contributed by atoms with Gasteiger partial charge in [-0.2, -0.15) is 0 Å². The zero-order valence-corrected chi connectivity index (χ0v) is 21.6. The fourth-order valence-electron chi connectivity index (χ4n) is 2.34. The highest BCUT2D eigenvalue weighted by Crippen LogP contribution is 2.30. The lowest BCUT2D eigenvalue weighted by Crippen LogP contribution is -2.36. The van der Waals surface area contributed by atoms with Crippen molar-refractivity contribution in [3.8, 4) is 11.5 Å². The number of carbonyl (C=O) groups is 3. The molecule has 1 rings (SSSR count). The van der Waals surface area contributed by atoms with E-state index in [0.717, 1.165) is 0 Å². The van der Waals surface area contributed by atoms with Gasteiger partial charge in [-0.1, -0.05) is 54.5 Å². The first-order chi connectivity index (χ1) is 15.6. The van der Waals surface area contributed by atoms with Crippen molar-refractivity contribution in [2.45, 2.75) is 80.4 Å². The number of carbonyl (C=O) groups excluding carboxylic acids is 3. The minimum Gasteiger partial charge on any atom is -0.462 e. The Morgan fingerprint density at radius 1 is 0.882 bits per heavy atom. The summed E-state index contributed by atoms with van der Waals surface area (Å²) in [6.45, 7) is 15.4. The van der Waals surface area contributed by atoms with Gasteiger partial charge < -0.3 is 29.4 Å². The lowest BCUT2D eigenvalue weighted by molar-refractivity contribution is -0.149. The highest BCUT2D eigenvalue weighted by Gasteiger charge is 2.22. The highest BCUT2D eigenvalue weighted by atomic mass is 16.7. The van der Waals surface area contributed by atoms with Gasteiger partial charge in [0.1, 0.15) is 6.04 Å². The van der Waals surface area contributed by atoms with Gasteiger partial charge in [-0.3, -0.25) is 4.79 Å². The summed E-state index contributed by atoms with van der Waals surface area (Å²) in [6.07, 6.45) is -1.35. The molecule has 0 fully saturated rings. The summed E-state index contributed by atoms with van der Waals surface area (Å²) in [4.78, 5) is 36.6. The summed E-state index contributed by atoms with van der Waals surface area (Å²) < 4.78 is 26.1. The van der Waals surface area contributed by atoms with Crippen molar-refractivity contribution < 1.29 is 38.1 Å². The molecule has 2 N–H and O–H groups in total. The number of benzene rings is 1. The van der Waals surface area contributed by atoms with E-state index in [0.29, 0.717) is 12.0 Å². The van der Waals surface area contributed by atoms with E-state index in [2.05, 4.69) is 0 Å². The first-order valence-electron chi connectivity index (χ1n) is 11.4. The van der Waals surface area contributed by atoms with E-state index in [-0.39, 0.29) is 48.1 Å². The third kappa shape index (κ3) is 11.9. The summed E-state index contributed by atoms with van der Waals surface area (Å²) in [5.41, 5.74) is 6.04. The lowest BCUT2D eigenvalue weighted by atomic mass is 9.99. The third-order valence-corrected chi connectivity index (χ3v) is 4.29. The number of ether oxygens (including phenoxy) is 5. The Morgan fingerprint density at radius 2 is 1.38 bits per heavy atom. The van der Waals surface area contributed by atoms with Gasteiger partial charge in [0.25, 0.3) is 0 Å². The van der Waals surface area contributed by atoms with Gasteiger partial charge in [-0.25, -0.2) is 9.59 Å². The molecule has 0 aromatic heterocycles. The van der Waals surface area contributed by atoms with Crippen LogP contribution in [-0.2, 0) is 25.4 Å². The predicted molar refractivity (Wildman–Crippen MR) is 127 cm³/mol. The molecule has 0 heterocycles. The zero-order valence-electron chi connectivity index (χ0n) is 21.6. The van der Waals surface area contributed by atoms with Gasteiger partial charge in [-0.05, 0) is 48.3 Å². The van der Waals surface area contributed by atoms with Crippen molar-refractivity contribution in [2.75, 3.05) is 13.2 Å². The van der Waals surface area contributed by atoms with Gasteiger partial charge in [-0.15, -0.1) is 0 Å². The molecule has 0 radical (unpaired) electrons. The van der Waals surface area contributed by atoms with Crippen LogP contribution in [0.2, 0.25) is 0 Å². The van der Waals surface area contributed by atoms with Crippen molar-refractivity contribution in [1.82, 2.24) is 0 Å². The van der Waals surface area contributed by atoms with Crippen molar-refractivity contribution in [3.63, 3.8) is 0 Å². The van der Waals surface area contributed by atoms with E-state index in [9.17, 15) is 14.4 Å². The van der Waals surface area contributed by atoms with E-state index in [1.54, 1.807) is 13.0 Å². The molecule has 9 nitrogen and oxygen atoms in total. The van der Waals surface area contributed by atoms with E-state index in [4.69, 9.17) is 29.4 Å². The van der Waals surface area contributed by atoms with Crippen molar-refractivity contribution in [1.29, 1.82) is 0 Å². The van der Waals surface area contributed by atoms with Gasteiger partial charge in [0, 0.05) is 0 Å². The molecule has 192 valence electrons. The van der Waals surface area contributed by atoms with Crippen molar-refractivity contribution >= 4 is 18.3 Å². The topological polar surface area (TPSA) is 123 Å². The largest absolute Gasteiger partial charge is 0.513 e. The summed E-state index contributed by atoms with van der Waals surface area (Å²) in [7, 11) is 0. The lowest BCUT2D eigenvalue weighted by Gasteiger charge is -2.19. The van der Waals surface area contributed by atoms with Gasteiger partial charge in [0.05, 0.1) is 19.3 Å². The summed E-state index contributed by atoms with van der Waals surface area (Å²) >= 11 is 0. The summed E-state index contributed by atoms with van der Waals surface area (Å²) in [5, 5.41) is 0. The molecular formula is C25H39NO8. The van der Waals surface area contributed by atoms with Crippen LogP contribution >= 0.6 is 0 Å². The number of rotatable bonds is 9. The molecular weight excluding hydrogens is 442 g/mol. The average molecular weight is 482 g/mol. The maximum absolute atomic E-state index is 12.2. The second-order valence-corrected chi connectivity index (χ2v) is 10.7. The maximum Gasteiger partial charge on any atom is 0.513 e. The first-order valence-corrected chi connectivity index (χ1v) is 11.4. The molecule has 1 aromatic rings. The monoisotopic (exact) mass is 481 g/mol. The molecule has 34 heavy (non-hydrogen) atoms. The van der Waals surface area contributed by atoms with E-state index in [1.165, 1.54) is 12.1 Å². The predicted octanol–water partition coefficient (Wildman–Crippen LogP) is 5.02. The SMILES string of the molecule is CCC(C)OC(=O)[C@@H](N)Cc1ccc(OC(=O)OCC(C)(C)C)c(OC(=O)OCC(C)(C)C)c1. The molecule has 2 atom stereocenters. The number of hydrogen-bond donors (Lipinski definition) is 1. The molecule has 1 aromatic carbocycles. The highest BCUT2D eigenvalue weighted by molar-refractivity contribution is 5.76. The van der Waals surface area contributed by atoms with Gasteiger partial charge in [0.2, 0.25) is 0 Å². The second-order valence-electron chi connectivity index (χ2n) is 10.7. The molecule has 0 aliphatic carbocycles. The molecule has 0 saturated carbocycles. The fraction of sp³-hybridized carbons (Fsp3) is 0.640. The van der Waals surface area contributed by atoms with E-state index >= 15 is 0 Å². The quantitative estimate of drug-likeness (QED) is 0.294. The Kier molecular flexibility index (Phi) is 10.8. The van der Waals surface area contributed by atoms with E-state index < -0.39 is 24.3 Å². The van der Waals surface area contributed by atoms with Crippen molar-refractivity contribution in [3.05, 3.63) is 23.8 Å². The van der Waals surface area contributed by atoms with Crippen LogP contribution < -0.4 is 15.2 Å². The van der Waals surface area contributed by atoms with Gasteiger partial charge >= 0.3 is 18.3 Å². The summed E-state index contributed by atoms with van der Waals surface area (Å²) in [6, 6.07) is 3.59. The minimum atomic E-state index is -0.958. The maximum atomic E-state index is 12.2. The van der Waals surface area contributed by atoms with Crippen LogP contribution in [0.15, 0.2) is 18.2 Å². The number of nitrogens with two attached hydrogens (primary N) is 1. The van der Waals surface area contributed by atoms with Gasteiger partial charge in [0.15, 0.2) is 11.5 Å². The second kappa shape index (κ2) is 12.6. The molecule has 0 aliphatic heterocycles. The Bertz CT molecular complexity index is 838.